The Morgan fingerprint density at radius 1 is 1.41 bits per heavy atom. The predicted molar refractivity (Wildman–Crippen MR) is 86.3 cm³/mol. The summed E-state index contributed by atoms with van der Waals surface area (Å²) in [5.74, 6) is 1.90. The van der Waals surface area contributed by atoms with Crippen LogP contribution in [0.15, 0.2) is 36.5 Å². The van der Waals surface area contributed by atoms with E-state index in [1.807, 2.05) is 24.4 Å². The molecule has 0 aliphatic carbocycles. The van der Waals surface area contributed by atoms with Crippen molar-refractivity contribution in [1.29, 1.82) is 0 Å². The lowest BCUT2D eigenvalue weighted by Gasteiger charge is -2.16. The second kappa shape index (κ2) is 6.36. The second-order valence-electron chi connectivity index (χ2n) is 5.76. The highest BCUT2D eigenvalue weighted by Gasteiger charge is 2.21. The summed E-state index contributed by atoms with van der Waals surface area (Å²) in [6, 6.07) is 10.3. The number of hydrogen-bond acceptors (Lipinski definition) is 4. The number of nitrogens with one attached hydrogen (secondary N) is 1. The standard InChI is InChI=1S/C18H22N2O2/c1-12-8-14-9-17(21-3)15(10-18(14)22-12)11-20-13(2)16-6-4-5-7-19-16/h4-7,9-10,12-13,20H,8,11H2,1-3H3/t12-,13+/m1/s1. The minimum absolute atomic E-state index is 0.180. The van der Waals surface area contributed by atoms with Crippen LogP contribution in [0.2, 0.25) is 0 Å². The van der Waals surface area contributed by atoms with Crippen LogP contribution in [-0.4, -0.2) is 18.2 Å². The van der Waals surface area contributed by atoms with Crippen molar-refractivity contribution in [3.63, 3.8) is 0 Å². The second-order valence-corrected chi connectivity index (χ2v) is 5.76. The molecule has 0 fully saturated rings. The summed E-state index contributed by atoms with van der Waals surface area (Å²) < 4.78 is 11.4. The van der Waals surface area contributed by atoms with Crippen LogP contribution in [0.25, 0.3) is 0 Å². The van der Waals surface area contributed by atoms with Crippen LogP contribution in [-0.2, 0) is 13.0 Å². The van der Waals surface area contributed by atoms with Crippen molar-refractivity contribution in [3.8, 4) is 11.5 Å². The van der Waals surface area contributed by atoms with Gasteiger partial charge in [0.05, 0.1) is 12.8 Å². The van der Waals surface area contributed by atoms with E-state index in [1.165, 1.54) is 5.56 Å². The Hall–Kier alpha value is -2.07. The van der Waals surface area contributed by atoms with Crippen molar-refractivity contribution in [1.82, 2.24) is 10.3 Å². The van der Waals surface area contributed by atoms with E-state index in [1.54, 1.807) is 7.11 Å². The fourth-order valence-electron chi connectivity index (χ4n) is 2.81. The molecular formula is C18H22N2O2. The first-order valence-corrected chi connectivity index (χ1v) is 7.68. The number of methoxy groups -OCH3 is 1. The lowest BCUT2D eigenvalue weighted by Crippen LogP contribution is -2.19. The zero-order chi connectivity index (χ0) is 15.5. The van der Waals surface area contributed by atoms with Gasteiger partial charge in [-0.1, -0.05) is 6.07 Å². The molecule has 0 amide bonds. The molecule has 4 nitrogen and oxygen atoms in total. The molecule has 2 heterocycles. The van der Waals surface area contributed by atoms with E-state index in [2.05, 4.69) is 36.3 Å². The molecule has 2 aromatic rings. The van der Waals surface area contributed by atoms with Gasteiger partial charge in [-0.25, -0.2) is 0 Å². The van der Waals surface area contributed by atoms with Crippen LogP contribution in [0.1, 0.15) is 36.7 Å². The van der Waals surface area contributed by atoms with Crippen molar-refractivity contribution in [3.05, 3.63) is 53.3 Å². The molecule has 0 saturated heterocycles. The predicted octanol–water partition coefficient (Wildman–Crippen LogP) is 3.26. The molecule has 1 N–H and O–H groups in total. The molecule has 116 valence electrons. The Morgan fingerprint density at radius 2 is 2.27 bits per heavy atom. The highest BCUT2D eigenvalue weighted by atomic mass is 16.5. The van der Waals surface area contributed by atoms with Gasteiger partial charge < -0.3 is 14.8 Å². The summed E-state index contributed by atoms with van der Waals surface area (Å²) in [6.07, 6.45) is 3.01. The van der Waals surface area contributed by atoms with Crippen LogP contribution in [0.5, 0.6) is 11.5 Å². The number of rotatable bonds is 5. The molecule has 0 radical (unpaired) electrons. The maximum atomic E-state index is 5.84. The molecular weight excluding hydrogens is 276 g/mol. The van der Waals surface area contributed by atoms with Gasteiger partial charge in [-0.15, -0.1) is 0 Å². The molecule has 0 bridgehead atoms. The molecule has 1 aromatic carbocycles. The quantitative estimate of drug-likeness (QED) is 0.920. The Morgan fingerprint density at radius 3 is 3.00 bits per heavy atom. The van der Waals surface area contributed by atoms with E-state index in [0.29, 0.717) is 6.54 Å². The number of benzene rings is 1. The molecule has 1 aromatic heterocycles. The monoisotopic (exact) mass is 298 g/mol. The van der Waals surface area contributed by atoms with Crippen LogP contribution in [0.3, 0.4) is 0 Å². The molecule has 0 saturated carbocycles. The van der Waals surface area contributed by atoms with Crippen molar-refractivity contribution in [2.45, 2.75) is 39.0 Å². The molecule has 0 spiro atoms. The average molecular weight is 298 g/mol. The van der Waals surface area contributed by atoms with E-state index in [0.717, 1.165) is 29.2 Å². The van der Waals surface area contributed by atoms with Crippen molar-refractivity contribution >= 4 is 0 Å². The number of ether oxygens (including phenoxy) is 2. The average Bonchev–Trinajstić information content (AvgIpc) is 2.91. The maximum Gasteiger partial charge on any atom is 0.123 e. The van der Waals surface area contributed by atoms with Gasteiger partial charge in [0.25, 0.3) is 0 Å². The smallest absolute Gasteiger partial charge is 0.123 e. The normalized spacial score (nSPS) is 17.7. The molecule has 22 heavy (non-hydrogen) atoms. The third kappa shape index (κ3) is 3.07. The maximum absolute atomic E-state index is 5.84. The third-order valence-electron chi connectivity index (χ3n) is 4.03. The number of aromatic nitrogens is 1. The summed E-state index contributed by atoms with van der Waals surface area (Å²) >= 11 is 0. The summed E-state index contributed by atoms with van der Waals surface area (Å²) in [6.45, 7) is 4.92. The first kappa shape index (κ1) is 14.9. The first-order chi connectivity index (χ1) is 10.7. The van der Waals surface area contributed by atoms with Gasteiger partial charge in [-0.3, -0.25) is 4.98 Å². The highest BCUT2D eigenvalue weighted by Crippen LogP contribution is 2.35. The largest absolute Gasteiger partial charge is 0.496 e. The van der Waals surface area contributed by atoms with Gasteiger partial charge in [0.1, 0.15) is 17.6 Å². The lowest BCUT2D eigenvalue weighted by molar-refractivity contribution is 0.254. The Labute approximate surface area is 131 Å². The van der Waals surface area contributed by atoms with E-state index in [-0.39, 0.29) is 12.1 Å². The molecule has 1 aliphatic rings. The third-order valence-corrected chi connectivity index (χ3v) is 4.03. The molecule has 1 aliphatic heterocycles. The molecule has 4 heteroatoms. The van der Waals surface area contributed by atoms with E-state index >= 15 is 0 Å². The zero-order valence-electron chi connectivity index (χ0n) is 13.3. The SMILES string of the molecule is COc1cc2c(cc1CN[C@@H](C)c1ccccn1)O[C@H](C)C2. The van der Waals surface area contributed by atoms with Crippen LogP contribution >= 0.6 is 0 Å². The van der Waals surface area contributed by atoms with E-state index in [9.17, 15) is 0 Å². The lowest BCUT2D eigenvalue weighted by atomic mass is 10.1. The summed E-state index contributed by atoms with van der Waals surface area (Å²) in [4.78, 5) is 4.38. The summed E-state index contributed by atoms with van der Waals surface area (Å²) in [5.41, 5.74) is 3.37. The Kier molecular flexibility index (Phi) is 4.29. The van der Waals surface area contributed by atoms with Gasteiger partial charge in [-0.05, 0) is 38.1 Å². The van der Waals surface area contributed by atoms with Gasteiger partial charge in [0.2, 0.25) is 0 Å². The number of hydrogen-bond donors (Lipinski definition) is 1. The van der Waals surface area contributed by atoms with Gasteiger partial charge in [0.15, 0.2) is 0 Å². The summed E-state index contributed by atoms with van der Waals surface area (Å²) in [5, 5.41) is 3.49. The highest BCUT2D eigenvalue weighted by molar-refractivity contribution is 5.48. The molecule has 0 unspecified atom stereocenters. The topological polar surface area (TPSA) is 43.4 Å². The van der Waals surface area contributed by atoms with Gasteiger partial charge >= 0.3 is 0 Å². The van der Waals surface area contributed by atoms with E-state index in [4.69, 9.17) is 9.47 Å². The van der Waals surface area contributed by atoms with Crippen LogP contribution < -0.4 is 14.8 Å². The summed E-state index contributed by atoms with van der Waals surface area (Å²) in [7, 11) is 1.71. The number of pyridine rings is 1. The fraction of sp³-hybridized carbons (Fsp3) is 0.389. The Balaban J connectivity index is 1.74. The van der Waals surface area contributed by atoms with Gasteiger partial charge in [0, 0.05) is 36.3 Å². The minimum atomic E-state index is 0.180. The molecule has 3 rings (SSSR count). The zero-order valence-corrected chi connectivity index (χ0v) is 13.3. The van der Waals surface area contributed by atoms with Crippen molar-refractivity contribution in [2.75, 3.05) is 7.11 Å². The number of nitrogens with zero attached hydrogens (tertiary/aromatic N) is 1. The fourth-order valence-corrected chi connectivity index (χ4v) is 2.81. The molecule has 2 atom stereocenters. The van der Waals surface area contributed by atoms with Crippen molar-refractivity contribution in [2.24, 2.45) is 0 Å². The first-order valence-electron chi connectivity index (χ1n) is 7.68. The Bertz CT molecular complexity index is 643. The number of fused-ring (bicyclic) bond motifs is 1. The van der Waals surface area contributed by atoms with Crippen LogP contribution in [0, 0.1) is 0 Å². The van der Waals surface area contributed by atoms with E-state index < -0.39 is 0 Å². The van der Waals surface area contributed by atoms with Gasteiger partial charge in [-0.2, -0.15) is 0 Å². The minimum Gasteiger partial charge on any atom is -0.496 e. The van der Waals surface area contributed by atoms with Crippen LogP contribution in [0.4, 0.5) is 0 Å². The van der Waals surface area contributed by atoms with Crippen molar-refractivity contribution < 1.29 is 9.47 Å².